The van der Waals surface area contributed by atoms with Crippen LogP contribution in [0.25, 0.3) is 0 Å². The molecule has 0 fully saturated rings. The molecule has 0 aromatic heterocycles. The number of amides is 1. The molecular weight excluding hydrogens is 293 g/mol. The third kappa shape index (κ3) is 3.99. The Morgan fingerprint density at radius 3 is 2.45 bits per heavy atom. The molecule has 0 aliphatic rings. The summed E-state index contributed by atoms with van der Waals surface area (Å²) in [7, 11) is 0. The van der Waals surface area contributed by atoms with Crippen LogP contribution in [0.15, 0.2) is 48.5 Å². The molecule has 0 aliphatic carbocycles. The molecule has 1 amide bonds. The maximum absolute atomic E-state index is 12.1. The quantitative estimate of drug-likeness (QED) is 0.806. The molecule has 0 saturated carbocycles. The van der Waals surface area contributed by atoms with Crippen molar-refractivity contribution in [1.82, 2.24) is 0 Å². The molecule has 0 spiro atoms. The Morgan fingerprint density at radius 1 is 1.15 bits per heavy atom. The number of alkyl halides is 1. The summed E-state index contributed by atoms with van der Waals surface area (Å²) in [4.78, 5) is 12.1. The van der Waals surface area contributed by atoms with E-state index in [1.54, 1.807) is 12.1 Å². The van der Waals surface area contributed by atoms with E-state index in [1.807, 2.05) is 43.3 Å². The number of benzene rings is 2. The molecule has 2 aromatic rings. The Balaban J connectivity index is 2.07. The number of rotatable bonds is 4. The second-order valence-electron chi connectivity index (χ2n) is 4.55. The predicted octanol–water partition coefficient (Wildman–Crippen LogP) is 4.82. The fraction of sp³-hybridized carbons (Fsp3) is 0.188. The number of nitrogens with one attached hydrogen (secondary N) is 1. The van der Waals surface area contributed by atoms with Crippen molar-refractivity contribution in [3.05, 3.63) is 64.7 Å². The molecule has 0 bridgehead atoms. The van der Waals surface area contributed by atoms with Crippen molar-refractivity contribution in [1.29, 1.82) is 0 Å². The number of para-hydroxylation sites is 1. The molecule has 0 radical (unpaired) electrons. The fourth-order valence-corrected chi connectivity index (χ4v) is 2.26. The van der Waals surface area contributed by atoms with Gasteiger partial charge in [-0.25, -0.2) is 0 Å². The van der Waals surface area contributed by atoms with E-state index >= 15 is 0 Å². The van der Waals surface area contributed by atoms with Crippen LogP contribution in [0, 0.1) is 0 Å². The molecule has 2 rings (SSSR count). The molecule has 2 nitrogen and oxygen atoms in total. The monoisotopic (exact) mass is 307 g/mol. The van der Waals surface area contributed by atoms with Gasteiger partial charge in [-0.3, -0.25) is 4.79 Å². The highest BCUT2D eigenvalue weighted by Gasteiger charge is 2.10. The Labute approximate surface area is 128 Å². The molecule has 2 aromatic carbocycles. The zero-order valence-corrected chi connectivity index (χ0v) is 12.6. The highest BCUT2D eigenvalue weighted by molar-refractivity contribution is 6.30. The zero-order valence-electron chi connectivity index (χ0n) is 11.1. The lowest BCUT2D eigenvalue weighted by molar-refractivity contribution is -0.115. The van der Waals surface area contributed by atoms with Crippen molar-refractivity contribution in [3.63, 3.8) is 0 Å². The van der Waals surface area contributed by atoms with Gasteiger partial charge >= 0.3 is 0 Å². The molecule has 0 aliphatic heterocycles. The summed E-state index contributed by atoms with van der Waals surface area (Å²) in [5, 5.41) is 3.41. The molecule has 1 atom stereocenters. The minimum Gasteiger partial charge on any atom is -0.325 e. The van der Waals surface area contributed by atoms with Gasteiger partial charge in [0.05, 0.1) is 11.8 Å². The molecule has 104 valence electrons. The van der Waals surface area contributed by atoms with Crippen LogP contribution in [-0.2, 0) is 11.2 Å². The van der Waals surface area contributed by atoms with Gasteiger partial charge in [0.2, 0.25) is 5.91 Å². The summed E-state index contributed by atoms with van der Waals surface area (Å²) in [5.41, 5.74) is 2.59. The molecular formula is C16H15Cl2NO. The van der Waals surface area contributed by atoms with E-state index in [9.17, 15) is 4.79 Å². The number of hydrogen-bond acceptors (Lipinski definition) is 1. The van der Waals surface area contributed by atoms with Crippen LogP contribution >= 0.6 is 23.2 Å². The predicted molar refractivity (Wildman–Crippen MR) is 84.5 cm³/mol. The van der Waals surface area contributed by atoms with Crippen LogP contribution in [0.2, 0.25) is 5.02 Å². The van der Waals surface area contributed by atoms with E-state index < -0.39 is 0 Å². The zero-order chi connectivity index (χ0) is 14.5. The van der Waals surface area contributed by atoms with Crippen molar-refractivity contribution in [2.75, 3.05) is 5.32 Å². The number of hydrogen-bond donors (Lipinski definition) is 1. The SMILES string of the molecule is CC(Cl)c1ccccc1NC(=O)Cc1ccc(Cl)cc1. The first-order valence-corrected chi connectivity index (χ1v) is 7.15. The van der Waals surface area contributed by atoms with E-state index in [1.165, 1.54) is 0 Å². The minimum absolute atomic E-state index is 0.0721. The van der Waals surface area contributed by atoms with Crippen molar-refractivity contribution >= 4 is 34.8 Å². The van der Waals surface area contributed by atoms with Gasteiger partial charge in [-0.05, 0) is 36.2 Å². The molecule has 1 unspecified atom stereocenters. The lowest BCUT2D eigenvalue weighted by Gasteiger charge is -2.12. The maximum Gasteiger partial charge on any atom is 0.228 e. The Kier molecular flexibility index (Phi) is 5.05. The molecule has 0 saturated heterocycles. The summed E-state index contributed by atoms with van der Waals surface area (Å²) in [5.74, 6) is -0.0721. The van der Waals surface area contributed by atoms with Crippen LogP contribution in [0.3, 0.4) is 0 Å². The van der Waals surface area contributed by atoms with Gasteiger partial charge in [0.1, 0.15) is 0 Å². The fourth-order valence-electron chi connectivity index (χ4n) is 1.94. The van der Waals surface area contributed by atoms with Crippen LogP contribution in [0.1, 0.15) is 23.4 Å². The first-order valence-electron chi connectivity index (χ1n) is 6.33. The standard InChI is InChI=1S/C16H15Cl2NO/c1-11(17)14-4-2-3-5-15(14)19-16(20)10-12-6-8-13(18)9-7-12/h2-9,11H,10H2,1H3,(H,19,20). The van der Waals surface area contributed by atoms with Crippen LogP contribution in [0.4, 0.5) is 5.69 Å². The van der Waals surface area contributed by atoms with Gasteiger partial charge in [0.15, 0.2) is 0 Å². The van der Waals surface area contributed by atoms with Crippen LogP contribution in [-0.4, -0.2) is 5.91 Å². The third-order valence-corrected chi connectivity index (χ3v) is 3.43. The number of halogens is 2. The Bertz CT molecular complexity index is 594. The Hall–Kier alpha value is -1.51. The van der Waals surface area contributed by atoms with Gasteiger partial charge in [-0.15, -0.1) is 11.6 Å². The maximum atomic E-state index is 12.1. The normalized spacial score (nSPS) is 11.9. The highest BCUT2D eigenvalue weighted by Crippen LogP contribution is 2.27. The largest absolute Gasteiger partial charge is 0.325 e. The lowest BCUT2D eigenvalue weighted by Crippen LogP contribution is -2.15. The topological polar surface area (TPSA) is 29.1 Å². The summed E-state index contributed by atoms with van der Waals surface area (Å²) in [6.07, 6.45) is 0.308. The smallest absolute Gasteiger partial charge is 0.228 e. The van der Waals surface area contributed by atoms with Crippen molar-refractivity contribution < 1.29 is 4.79 Å². The summed E-state index contributed by atoms with van der Waals surface area (Å²) >= 11 is 11.9. The number of carbonyl (C=O) groups excluding carboxylic acids is 1. The lowest BCUT2D eigenvalue weighted by atomic mass is 10.1. The van der Waals surface area contributed by atoms with Crippen molar-refractivity contribution in [3.8, 4) is 0 Å². The highest BCUT2D eigenvalue weighted by atomic mass is 35.5. The van der Waals surface area contributed by atoms with Gasteiger partial charge in [0.25, 0.3) is 0 Å². The summed E-state index contributed by atoms with van der Waals surface area (Å²) < 4.78 is 0. The third-order valence-electron chi connectivity index (χ3n) is 2.94. The summed E-state index contributed by atoms with van der Waals surface area (Å²) in [6.45, 7) is 1.88. The van der Waals surface area contributed by atoms with Crippen LogP contribution < -0.4 is 5.32 Å². The molecule has 0 heterocycles. The minimum atomic E-state index is -0.151. The number of carbonyl (C=O) groups is 1. The van der Waals surface area contributed by atoms with Gasteiger partial charge in [-0.1, -0.05) is 41.9 Å². The molecule has 1 N–H and O–H groups in total. The van der Waals surface area contributed by atoms with Crippen molar-refractivity contribution in [2.45, 2.75) is 18.7 Å². The van der Waals surface area contributed by atoms with Gasteiger partial charge < -0.3 is 5.32 Å². The van der Waals surface area contributed by atoms with E-state index in [0.29, 0.717) is 11.4 Å². The summed E-state index contributed by atoms with van der Waals surface area (Å²) in [6, 6.07) is 14.8. The van der Waals surface area contributed by atoms with Crippen molar-refractivity contribution in [2.24, 2.45) is 0 Å². The first-order chi connectivity index (χ1) is 9.56. The molecule has 4 heteroatoms. The molecule has 20 heavy (non-hydrogen) atoms. The van der Waals surface area contributed by atoms with E-state index in [-0.39, 0.29) is 11.3 Å². The van der Waals surface area contributed by atoms with E-state index in [0.717, 1.165) is 16.8 Å². The second-order valence-corrected chi connectivity index (χ2v) is 5.65. The van der Waals surface area contributed by atoms with Gasteiger partial charge in [0, 0.05) is 10.7 Å². The van der Waals surface area contributed by atoms with Crippen LogP contribution in [0.5, 0.6) is 0 Å². The Morgan fingerprint density at radius 2 is 1.80 bits per heavy atom. The number of anilines is 1. The van der Waals surface area contributed by atoms with E-state index in [2.05, 4.69) is 5.32 Å². The first kappa shape index (κ1) is 14.9. The van der Waals surface area contributed by atoms with E-state index in [4.69, 9.17) is 23.2 Å². The second kappa shape index (κ2) is 6.78. The van der Waals surface area contributed by atoms with Gasteiger partial charge in [-0.2, -0.15) is 0 Å². The average Bonchev–Trinajstić information content (AvgIpc) is 2.41. The average molecular weight is 308 g/mol.